The molecule has 20 nitrogen and oxygen atoms in total. The third kappa shape index (κ3) is 34.6. The van der Waals surface area contributed by atoms with Crippen LogP contribution >= 0.6 is 0 Å². The molecule has 0 aromatic heterocycles. The number of nitrogens with one attached hydrogen (secondary N) is 2. The van der Waals surface area contributed by atoms with Gasteiger partial charge < -0.3 is 70.5 Å². The topological polar surface area (TPSA) is 333 Å². The fourth-order valence-electron chi connectivity index (χ4n) is 9.42. The van der Waals surface area contributed by atoms with Crippen LogP contribution in [-0.4, -0.2) is 122 Å². The van der Waals surface area contributed by atoms with Crippen LogP contribution in [0.25, 0.3) is 9.69 Å². The number of hydrogen-bond donors (Lipinski definition) is 10. The van der Waals surface area contributed by atoms with Crippen molar-refractivity contribution in [2.75, 3.05) is 79.3 Å². The quantitative estimate of drug-likeness (QED) is 0.00978. The van der Waals surface area contributed by atoms with Gasteiger partial charge in [-0.25, -0.2) is 9.69 Å². The summed E-state index contributed by atoms with van der Waals surface area (Å²) in [6.45, 7) is 28.4. The molecule has 6 aromatic carbocycles. The van der Waals surface area contributed by atoms with Crippen molar-refractivity contribution in [1.82, 2.24) is 0 Å². The van der Waals surface area contributed by atoms with Crippen molar-refractivity contribution in [3.63, 3.8) is 0 Å². The Balaban J connectivity index is 0.000000588. The highest BCUT2D eigenvalue weighted by atomic mass is 16.5. The number of benzene rings is 6. The molecule has 0 fully saturated rings. The molecule has 0 heterocycles. The van der Waals surface area contributed by atoms with Crippen LogP contribution < -0.4 is 39.9 Å². The van der Waals surface area contributed by atoms with Crippen molar-refractivity contribution >= 4 is 23.0 Å². The highest BCUT2D eigenvalue weighted by molar-refractivity contribution is 5.97. The smallest absolute Gasteiger partial charge is 0.228 e. The lowest BCUT2D eigenvalue weighted by molar-refractivity contribution is 0.200. The van der Waals surface area contributed by atoms with Gasteiger partial charge in [-0.1, -0.05) is 129 Å². The number of nitrogens with zero attached hydrogens (tertiary/aromatic N) is 4. The van der Waals surface area contributed by atoms with Crippen LogP contribution in [-0.2, 0) is 38.5 Å². The molecule has 532 valence electrons. The van der Waals surface area contributed by atoms with Gasteiger partial charge in [0.15, 0.2) is 5.69 Å². The van der Waals surface area contributed by atoms with Crippen molar-refractivity contribution in [1.29, 1.82) is 21.3 Å². The fourth-order valence-corrected chi connectivity index (χ4v) is 9.42. The lowest BCUT2D eigenvalue weighted by Gasteiger charge is -2.14. The summed E-state index contributed by atoms with van der Waals surface area (Å²) in [6.07, 6.45) is 18.4. The van der Waals surface area contributed by atoms with Crippen molar-refractivity contribution in [3.05, 3.63) is 188 Å². The molecular formula is C78H108N8O12. The van der Waals surface area contributed by atoms with E-state index in [1.807, 2.05) is 66.7 Å². The Labute approximate surface area is 583 Å². The lowest BCUT2D eigenvalue weighted by atomic mass is 10.00. The summed E-state index contributed by atoms with van der Waals surface area (Å²) >= 11 is 0. The number of ether oxygens (including phenoxy) is 6. The summed E-state index contributed by atoms with van der Waals surface area (Å²) in [5.74, 6) is 4.50. The van der Waals surface area contributed by atoms with Gasteiger partial charge in [-0.2, -0.15) is 10.5 Å². The number of aliphatic hydroxyl groups excluding tert-OH is 6. The van der Waals surface area contributed by atoms with Gasteiger partial charge in [0, 0.05) is 22.3 Å². The monoisotopic (exact) mass is 1350 g/mol. The van der Waals surface area contributed by atoms with Crippen LogP contribution in [0, 0.1) is 46.6 Å². The summed E-state index contributed by atoms with van der Waals surface area (Å²) in [5, 5.41) is 85.3. The molecule has 0 atom stereocenters. The predicted molar refractivity (Wildman–Crippen MR) is 390 cm³/mol. The van der Waals surface area contributed by atoms with E-state index < -0.39 is 0 Å². The fraction of sp³-hybridized carbons (Fsp3) is 0.462. The standard InChI is InChI=1S/2C13H20N2O2.4C13H17NO2/c1-2-3-5-10-11(13(14)15)6-4-7-12(10)17-9-8-16;1-2-3-4-10-9-11(13(14)15)5-6-12(10)17-8-7-16;1-3-4-6-11-7-5-8-12(14-2)13(11)16-10-9-15;1-3-4-5-11-6-7-12(14-2)10-13(11)16-9-8-15;1-2-3-6-12-11(10-14)5-4-7-13(12)16-9-8-15;1-2-3-4-12-9-11(10-14)5-6-13(12)16-8-7-15/h4,6-7,16H,2-3,5,8-9H2,1H3,(H3,14,15);5-6,9,16H,2-4,7-8H2,1H3,(H3,14,15);5,7-8,15H,3-4,6,9-10H2,1H3;6-7,10,15H,3-5,8-9H2,1H3;4-5,7,15H,2-3,6,8-9H2,1H3;5-6,9,15H,2-4,7-8H2,1H3. The summed E-state index contributed by atoms with van der Waals surface area (Å²) in [7, 11) is 0. The first-order valence-corrected chi connectivity index (χ1v) is 34.1. The van der Waals surface area contributed by atoms with E-state index in [1.54, 1.807) is 42.5 Å². The van der Waals surface area contributed by atoms with E-state index in [1.165, 1.54) is 0 Å². The minimum Gasteiger partial charge on any atom is -0.502 e. The Morgan fingerprint density at radius 3 is 1.34 bits per heavy atom. The maximum atomic E-state index is 9.01. The van der Waals surface area contributed by atoms with Gasteiger partial charge in [-0.15, -0.1) is 0 Å². The molecule has 0 saturated heterocycles. The average Bonchev–Trinajstić information content (AvgIpc) is 0.899. The molecule has 12 N–H and O–H groups in total. The zero-order valence-corrected chi connectivity index (χ0v) is 58.7. The molecule has 98 heavy (non-hydrogen) atoms. The third-order valence-electron chi connectivity index (χ3n) is 14.5. The van der Waals surface area contributed by atoms with Gasteiger partial charge in [0.25, 0.3) is 0 Å². The first kappa shape index (κ1) is 86.8. The van der Waals surface area contributed by atoms with Gasteiger partial charge in [-0.05, 0) is 160 Å². The number of nitrogens with two attached hydrogens (primary N) is 2. The van der Waals surface area contributed by atoms with E-state index in [4.69, 9.17) is 105 Å². The van der Waals surface area contributed by atoms with Crippen LogP contribution in [0.1, 0.15) is 174 Å². The molecule has 0 spiro atoms. The van der Waals surface area contributed by atoms with Gasteiger partial charge in [0.2, 0.25) is 5.69 Å². The Bertz CT molecular complexity index is 3210. The van der Waals surface area contributed by atoms with Crippen LogP contribution in [0.5, 0.6) is 34.5 Å². The van der Waals surface area contributed by atoms with Crippen LogP contribution in [0.3, 0.4) is 0 Å². The van der Waals surface area contributed by atoms with Gasteiger partial charge in [0.05, 0.1) is 76.1 Å². The van der Waals surface area contributed by atoms with Crippen molar-refractivity contribution in [2.24, 2.45) is 11.5 Å². The number of para-hydroxylation sites is 1. The van der Waals surface area contributed by atoms with Gasteiger partial charge in [0.1, 0.15) is 85.8 Å². The number of nitrogen functional groups attached to an aromatic ring is 2. The Morgan fingerprint density at radius 2 is 0.857 bits per heavy atom. The molecule has 0 aliphatic rings. The first-order valence-electron chi connectivity index (χ1n) is 34.1. The van der Waals surface area contributed by atoms with Gasteiger partial charge >= 0.3 is 0 Å². The van der Waals surface area contributed by atoms with Crippen molar-refractivity contribution in [3.8, 4) is 46.6 Å². The maximum Gasteiger partial charge on any atom is 0.228 e. The van der Waals surface area contributed by atoms with Gasteiger partial charge in [-0.3, -0.25) is 10.8 Å². The molecule has 0 unspecified atom stereocenters. The average molecular weight is 1350 g/mol. The van der Waals surface area contributed by atoms with E-state index in [0.29, 0.717) is 47.0 Å². The number of amidine groups is 2. The van der Waals surface area contributed by atoms with Crippen LogP contribution in [0.2, 0.25) is 0 Å². The number of unbranched alkanes of at least 4 members (excludes halogenated alkanes) is 6. The number of rotatable bonds is 38. The molecule has 0 aliphatic carbocycles. The van der Waals surface area contributed by atoms with Crippen molar-refractivity contribution < 1.29 is 59.1 Å². The molecular weight excluding hydrogens is 1240 g/mol. The van der Waals surface area contributed by atoms with E-state index in [-0.39, 0.29) is 77.7 Å². The second-order valence-corrected chi connectivity index (χ2v) is 22.1. The number of aliphatic hydroxyl groups is 6. The first-order chi connectivity index (χ1) is 47.7. The number of aryl methyl sites for hydroxylation is 4. The van der Waals surface area contributed by atoms with E-state index in [9.17, 15) is 0 Å². The summed E-state index contributed by atoms with van der Waals surface area (Å²) in [4.78, 5) is 6.80. The zero-order chi connectivity index (χ0) is 72.6. The number of hydrogen-bond acceptors (Lipinski definition) is 16. The third-order valence-corrected chi connectivity index (χ3v) is 14.5. The SMILES string of the molecule is CCCCc1c(C#N)cccc1OCCO.CCCCc1c(OCCO)cccc1C(=N)N.CCCCc1cc(C#N)ccc1OCCO.CCCCc1cc(C(=N)N)ccc1OCCO.[C-]#[N+]c1ccc(CCCC)c(OCCO)c1.[C-]#[N+]c1cccc(CCCC)c1OCCO. The number of nitriles is 2. The Morgan fingerprint density at radius 1 is 0.418 bits per heavy atom. The minimum atomic E-state index is -0.0282. The highest BCUT2D eigenvalue weighted by Gasteiger charge is 2.14. The maximum absolute atomic E-state index is 9.01. The zero-order valence-electron chi connectivity index (χ0n) is 58.7. The Kier molecular flexibility index (Phi) is 49.5. The molecule has 20 heteroatoms. The second kappa shape index (κ2) is 55.9. The minimum absolute atomic E-state index is 0.00166. The largest absolute Gasteiger partial charge is 0.502 e. The lowest BCUT2D eigenvalue weighted by Crippen LogP contribution is -2.15. The van der Waals surface area contributed by atoms with Crippen LogP contribution in [0.4, 0.5) is 11.4 Å². The molecule has 0 saturated carbocycles. The molecule has 6 aromatic rings. The normalized spacial score (nSPS) is 9.96. The summed E-state index contributed by atoms with van der Waals surface area (Å²) < 4.78 is 32.7. The molecule has 0 bridgehead atoms. The summed E-state index contributed by atoms with van der Waals surface area (Å²) in [6, 6.07) is 37.2. The van der Waals surface area contributed by atoms with E-state index in [2.05, 4.69) is 63.4 Å². The Hall–Kier alpha value is -9.22. The van der Waals surface area contributed by atoms with E-state index in [0.717, 1.165) is 183 Å². The second-order valence-electron chi connectivity index (χ2n) is 22.1. The molecule has 0 aliphatic heterocycles. The molecule has 0 amide bonds. The highest BCUT2D eigenvalue weighted by Crippen LogP contribution is 2.33. The predicted octanol–water partition coefficient (Wildman–Crippen LogP) is 13.8. The molecule has 6 rings (SSSR count). The molecule has 0 radical (unpaired) electrons. The van der Waals surface area contributed by atoms with Crippen molar-refractivity contribution in [2.45, 2.75) is 157 Å². The van der Waals surface area contributed by atoms with E-state index >= 15 is 0 Å². The van der Waals surface area contributed by atoms with Crippen LogP contribution in [0.15, 0.2) is 109 Å². The summed E-state index contributed by atoms with van der Waals surface area (Å²) in [5.41, 5.74) is 21.1.